The van der Waals surface area contributed by atoms with Crippen molar-refractivity contribution in [3.05, 3.63) is 0 Å². The average molecular weight is 354 g/mol. The smallest absolute Gasteiger partial charge is 0.379 e. The van der Waals surface area contributed by atoms with Crippen LogP contribution in [0.15, 0.2) is 0 Å². The quantitative estimate of drug-likeness (QED) is 0.563. The minimum atomic E-state index is -4.19. The number of hydrogen-bond acceptors (Lipinski definition) is 4. The molecule has 7 heteroatoms. The number of alkyl halides is 3. The molecule has 4 nitrogen and oxygen atoms in total. The zero-order valence-corrected chi connectivity index (χ0v) is 15.4. The second-order valence-corrected chi connectivity index (χ2v) is 6.94. The van der Waals surface area contributed by atoms with Gasteiger partial charge in [0.05, 0.1) is 12.2 Å². The summed E-state index contributed by atoms with van der Waals surface area (Å²) in [6.07, 6.45) is -2.50. The normalized spacial score (nSPS) is 21.1. The first-order valence-corrected chi connectivity index (χ1v) is 8.96. The monoisotopic (exact) mass is 354 g/mol. The third-order valence-electron chi connectivity index (χ3n) is 4.06. The van der Waals surface area contributed by atoms with Crippen LogP contribution in [0.5, 0.6) is 0 Å². The summed E-state index contributed by atoms with van der Waals surface area (Å²) in [5.74, 6) is 0. The Labute approximate surface area is 144 Å². The zero-order valence-electron chi connectivity index (χ0n) is 15.4. The summed E-state index contributed by atoms with van der Waals surface area (Å²) < 4.78 is 51.0. The molecule has 1 aliphatic heterocycles. The first-order valence-electron chi connectivity index (χ1n) is 8.96. The molecular weight excluding hydrogens is 321 g/mol. The first-order chi connectivity index (χ1) is 11.2. The maximum atomic E-state index is 13.4. The summed E-state index contributed by atoms with van der Waals surface area (Å²) in [4.78, 5) is 3.47. The highest BCUT2D eigenvalue weighted by Gasteiger charge is 2.45. The zero-order chi connectivity index (χ0) is 18.2. The van der Waals surface area contributed by atoms with Gasteiger partial charge in [-0.2, -0.15) is 13.2 Å². The lowest BCUT2D eigenvalue weighted by Gasteiger charge is -2.42. The van der Waals surface area contributed by atoms with Gasteiger partial charge in [-0.1, -0.05) is 0 Å². The number of halogens is 3. The van der Waals surface area contributed by atoms with Gasteiger partial charge in [0.25, 0.3) is 0 Å². The van der Waals surface area contributed by atoms with Gasteiger partial charge in [0.2, 0.25) is 0 Å². The summed E-state index contributed by atoms with van der Waals surface area (Å²) in [5.41, 5.74) is 0. The molecule has 0 bridgehead atoms. The Kier molecular flexibility index (Phi) is 9.56. The number of nitrogens with zero attached hydrogens (tertiary/aromatic N) is 2. The second kappa shape index (κ2) is 10.6. The van der Waals surface area contributed by atoms with Crippen LogP contribution in [-0.2, 0) is 9.47 Å². The fourth-order valence-electron chi connectivity index (χ4n) is 2.85. The Morgan fingerprint density at radius 1 is 0.917 bits per heavy atom. The van der Waals surface area contributed by atoms with Gasteiger partial charge in [0.15, 0.2) is 0 Å². The molecule has 1 saturated heterocycles. The van der Waals surface area contributed by atoms with Crippen LogP contribution in [0.2, 0.25) is 0 Å². The fraction of sp³-hybridized carbons (Fsp3) is 1.00. The van der Waals surface area contributed by atoms with Crippen molar-refractivity contribution in [2.45, 2.75) is 65.0 Å². The maximum absolute atomic E-state index is 13.4. The Balaban J connectivity index is 2.40. The molecule has 0 N–H and O–H groups in total. The average Bonchev–Trinajstić information content (AvgIpc) is 2.47. The Morgan fingerprint density at radius 3 is 1.96 bits per heavy atom. The topological polar surface area (TPSA) is 24.9 Å². The standard InChI is InChI=1S/C17H33F3N2O2/c1-14(2)23-11-5-7-21-9-10-22(8-6-12-24-15(3)4)16(13-21)17(18,19)20/h14-16H,5-13H2,1-4H3. The lowest BCUT2D eigenvalue weighted by Crippen LogP contribution is -2.59. The van der Waals surface area contributed by atoms with Crippen LogP contribution in [0.25, 0.3) is 0 Å². The van der Waals surface area contributed by atoms with Gasteiger partial charge in [-0.3, -0.25) is 4.90 Å². The highest BCUT2D eigenvalue weighted by atomic mass is 19.4. The predicted octanol–water partition coefficient (Wildman–Crippen LogP) is 3.17. The maximum Gasteiger partial charge on any atom is 0.405 e. The second-order valence-electron chi connectivity index (χ2n) is 6.94. The van der Waals surface area contributed by atoms with Crippen molar-refractivity contribution in [2.75, 3.05) is 45.9 Å². The van der Waals surface area contributed by atoms with E-state index in [1.54, 1.807) is 4.90 Å². The molecule has 1 rings (SSSR count). The van der Waals surface area contributed by atoms with E-state index < -0.39 is 12.2 Å². The molecular formula is C17H33F3N2O2. The summed E-state index contributed by atoms with van der Waals surface area (Å²) in [7, 11) is 0. The van der Waals surface area contributed by atoms with Gasteiger partial charge in [-0.05, 0) is 40.5 Å². The van der Waals surface area contributed by atoms with Gasteiger partial charge in [0, 0.05) is 45.9 Å². The van der Waals surface area contributed by atoms with Crippen LogP contribution in [0.1, 0.15) is 40.5 Å². The molecule has 1 heterocycles. The van der Waals surface area contributed by atoms with Crippen LogP contribution < -0.4 is 0 Å². The van der Waals surface area contributed by atoms with E-state index in [2.05, 4.69) is 0 Å². The van der Waals surface area contributed by atoms with Crippen LogP contribution in [0, 0.1) is 0 Å². The summed E-state index contributed by atoms with van der Waals surface area (Å²) in [6.45, 7) is 11.2. The molecule has 0 aliphatic carbocycles. The van der Waals surface area contributed by atoms with Crippen molar-refractivity contribution in [1.82, 2.24) is 9.80 Å². The molecule has 24 heavy (non-hydrogen) atoms. The summed E-state index contributed by atoms with van der Waals surface area (Å²) in [5, 5.41) is 0. The molecule has 144 valence electrons. The summed E-state index contributed by atoms with van der Waals surface area (Å²) >= 11 is 0. The van der Waals surface area contributed by atoms with Gasteiger partial charge in [-0.25, -0.2) is 0 Å². The van der Waals surface area contributed by atoms with E-state index in [0.29, 0.717) is 45.8 Å². The molecule has 0 radical (unpaired) electrons. The van der Waals surface area contributed by atoms with E-state index in [4.69, 9.17) is 9.47 Å². The number of ether oxygens (including phenoxy) is 2. The highest BCUT2D eigenvalue weighted by molar-refractivity contribution is 4.87. The third kappa shape index (κ3) is 8.65. The Morgan fingerprint density at radius 2 is 1.46 bits per heavy atom. The van der Waals surface area contributed by atoms with E-state index >= 15 is 0 Å². The molecule has 0 saturated carbocycles. The van der Waals surface area contributed by atoms with Crippen LogP contribution in [0.4, 0.5) is 13.2 Å². The van der Waals surface area contributed by atoms with E-state index in [9.17, 15) is 13.2 Å². The highest BCUT2D eigenvalue weighted by Crippen LogP contribution is 2.28. The molecule has 1 fully saturated rings. The number of hydrogen-bond donors (Lipinski definition) is 0. The molecule has 0 aromatic heterocycles. The van der Waals surface area contributed by atoms with Crippen molar-refractivity contribution in [3.63, 3.8) is 0 Å². The van der Waals surface area contributed by atoms with E-state index in [0.717, 1.165) is 6.42 Å². The SMILES string of the molecule is CC(C)OCCCN1CCN(CCCOC(C)C)C(C(F)(F)F)C1. The summed E-state index contributed by atoms with van der Waals surface area (Å²) in [6, 6.07) is -1.38. The van der Waals surface area contributed by atoms with Crippen LogP contribution >= 0.6 is 0 Å². The van der Waals surface area contributed by atoms with E-state index in [1.807, 2.05) is 32.6 Å². The molecule has 0 spiro atoms. The first kappa shape index (κ1) is 21.7. The lowest BCUT2D eigenvalue weighted by molar-refractivity contribution is -0.197. The van der Waals surface area contributed by atoms with Gasteiger partial charge < -0.3 is 14.4 Å². The predicted molar refractivity (Wildman–Crippen MR) is 89.3 cm³/mol. The molecule has 0 aromatic rings. The van der Waals surface area contributed by atoms with Crippen LogP contribution in [0.3, 0.4) is 0 Å². The van der Waals surface area contributed by atoms with E-state index in [-0.39, 0.29) is 18.8 Å². The lowest BCUT2D eigenvalue weighted by atomic mass is 10.1. The number of rotatable bonds is 10. The molecule has 0 aromatic carbocycles. The molecule has 1 aliphatic rings. The van der Waals surface area contributed by atoms with Crippen molar-refractivity contribution in [3.8, 4) is 0 Å². The molecule has 1 atom stereocenters. The molecule has 0 amide bonds. The van der Waals surface area contributed by atoms with Gasteiger partial charge >= 0.3 is 6.18 Å². The Hall–Kier alpha value is -0.370. The van der Waals surface area contributed by atoms with Crippen molar-refractivity contribution in [2.24, 2.45) is 0 Å². The minimum absolute atomic E-state index is 0.0518. The number of piperazine rings is 1. The largest absolute Gasteiger partial charge is 0.405 e. The van der Waals surface area contributed by atoms with Gasteiger partial charge in [-0.15, -0.1) is 0 Å². The van der Waals surface area contributed by atoms with E-state index in [1.165, 1.54) is 0 Å². The Bertz CT molecular complexity index is 338. The minimum Gasteiger partial charge on any atom is -0.379 e. The third-order valence-corrected chi connectivity index (χ3v) is 4.06. The van der Waals surface area contributed by atoms with Crippen molar-refractivity contribution >= 4 is 0 Å². The van der Waals surface area contributed by atoms with Gasteiger partial charge in [0.1, 0.15) is 6.04 Å². The van der Waals surface area contributed by atoms with Crippen molar-refractivity contribution in [1.29, 1.82) is 0 Å². The van der Waals surface area contributed by atoms with Crippen molar-refractivity contribution < 1.29 is 22.6 Å². The van der Waals surface area contributed by atoms with Crippen LogP contribution in [-0.4, -0.2) is 80.2 Å². The fourth-order valence-corrected chi connectivity index (χ4v) is 2.85. The molecule has 1 unspecified atom stereocenters.